The highest BCUT2D eigenvalue weighted by molar-refractivity contribution is 7.99. The maximum Gasteiger partial charge on any atom is 0.253 e. The Morgan fingerprint density at radius 2 is 1.88 bits per heavy atom. The predicted molar refractivity (Wildman–Crippen MR) is 128 cm³/mol. The molecule has 1 heterocycles. The lowest BCUT2D eigenvalue weighted by molar-refractivity contribution is -0.113. The summed E-state index contributed by atoms with van der Waals surface area (Å²) in [6.45, 7) is 5.96. The third-order valence-corrected chi connectivity index (χ3v) is 6.20. The van der Waals surface area contributed by atoms with Crippen molar-refractivity contribution in [1.29, 1.82) is 0 Å². The number of nitrogens with zero attached hydrogens (tertiary/aromatic N) is 3. The summed E-state index contributed by atoms with van der Waals surface area (Å²) in [5, 5.41) is 15.4. The van der Waals surface area contributed by atoms with Crippen LogP contribution in [-0.4, -0.2) is 32.3 Å². The summed E-state index contributed by atoms with van der Waals surface area (Å²) in [4.78, 5) is 25.1. The molecule has 3 rings (SSSR count). The number of benzene rings is 2. The number of rotatable bonds is 8. The maximum atomic E-state index is 12.8. The van der Waals surface area contributed by atoms with Gasteiger partial charge < -0.3 is 15.2 Å². The number of anilines is 1. The molecule has 0 saturated carbocycles. The van der Waals surface area contributed by atoms with Crippen molar-refractivity contribution in [3.05, 3.63) is 70.5 Å². The van der Waals surface area contributed by atoms with Crippen LogP contribution in [0.15, 0.2) is 53.7 Å². The number of halogens is 1. The van der Waals surface area contributed by atoms with Gasteiger partial charge in [-0.25, -0.2) is 0 Å². The van der Waals surface area contributed by atoms with E-state index in [0.717, 1.165) is 11.3 Å². The molecule has 0 aliphatic heterocycles. The highest BCUT2D eigenvalue weighted by Crippen LogP contribution is 2.25. The first-order valence-corrected chi connectivity index (χ1v) is 11.6. The monoisotopic (exact) mass is 471 g/mol. The number of amides is 2. The second-order valence-electron chi connectivity index (χ2n) is 7.78. The van der Waals surface area contributed by atoms with Gasteiger partial charge in [0.15, 0.2) is 11.0 Å². The van der Waals surface area contributed by atoms with Crippen molar-refractivity contribution in [2.45, 2.75) is 32.0 Å². The Labute approximate surface area is 197 Å². The summed E-state index contributed by atoms with van der Waals surface area (Å²) in [6.07, 6.45) is 0. The molecule has 0 spiro atoms. The van der Waals surface area contributed by atoms with Gasteiger partial charge in [0.1, 0.15) is 0 Å². The number of aromatic nitrogens is 3. The van der Waals surface area contributed by atoms with E-state index < -0.39 is 0 Å². The second-order valence-corrected chi connectivity index (χ2v) is 9.13. The van der Waals surface area contributed by atoms with Crippen molar-refractivity contribution < 1.29 is 9.59 Å². The summed E-state index contributed by atoms with van der Waals surface area (Å²) < 4.78 is 1.81. The van der Waals surface area contributed by atoms with Crippen LogP contribution in [0.3, 0.4) is 0 Å². The van der Waals surface area contributed by atoms with Gasteiger partial charge in [-0.3, -0.25) is 9.59 Å². The molecule has 2 N–H and O–H groups in total. The summed E-state index contributed by atoms with van der Waals surface area (Å²) in [5.41, 5.74) is 2.24. The number of carbonyl (C=O) groups excluding carboxylic acids is 2. The molecule has 0 fully saturated rings. The normalized spacial score (nSPS) is 11.9. The van der Waals surface area contributed by atoms with Crippen LogP contribution in [0.1, 0.15) is 41.6 Å². The smallest absolute Gasteiger partial charge is 0.253 e. The first kappa shape index (κ1) is 23.8. The van der Waals surface area contributed by atoms with E-state index in [9.17, 15) is 9.59 Å². The molecule has 1 unspecified atom stereocenters. The fourth-order valence-electron chi connectivity index (χ4n) is 3.17. The molecule has 2 amide bonds. The SMILES string of the molecule is Cc1cccc(NC(=O)CSc2nnc(C(NC(=O)c3ccccc3Cl)C(C)C)n2C)c1. The Kier molecular flexibility index (Phi) is 7.93. The van der Waals surface area contributed by atoms with E-state index in [4.69, 9.17) is 11.6 Å². The quantitative estimate of drug-likeness (QED) is 0.467. The topological polar surface area (TPSA) is 88.9 Å². The highest BCUT2D eigenvalue weighted by atomic mass is 35.5. The van der Waals surface area contributed by atoms with Crippen molar-refractivity contribution >= 4 is 40.9 Å². The Bertz CT molecular complexity index is 1120. The fraction of sp³-hybridized carbons (Fsp3) is 0.304. The van der Waals surface area contributed by atoms with Crippen LogP contribution in [0.25, 0.3) is 0 Å². The summed E-state index contributed by atoms with van der Waals surface area (Å²) in [6, 6.07) is 14.2. The first-order valence-electron chi connectivity index (χ1n) is 10.2. The molecule has 2 aromatic carbocycles. The van der Waals surface area contributed by atoms with Crippen LogP contribution in [0.5, 0.6) is 0 Å². The van der Waals surface area contributed by atoms with Gasteiger partial charge in [-0.2, -0.15) is 0 Å². The van der Waals surface area contributed by atoms with Crippen LogP contribution in [0.2, 0.25) is 5.02 Å². The van der Waals surface area contributed by atoms with Gasteiger partial charge >= 0.3 is 0 Å². The van der Waals surface area contributed by atoms with E-state index in [1.807, 2.05) is 56.7 Å². The second kappa shape index (κ2) is 10.7. The molecule has 0 saturated heterocycles. The van der Waals surface area contributed by atoms with Crippen molar-refractivity contribution in [1.82, 2.24) is 20.1 Å². The molecule has 1 aromatic heterocycles. The molecule has 1 atom stereocenters. The van der Waals surface area contributed by atoms with E-state index in [1.165, 1.54) is 11.8 Å². The highest BCUT2D eigenvalue weighted by Gasteiger charge is 2.26. The zero-order chi connectivity index (χ0) is 23.3. The number of aryl methyl sites for hydroxylation is 1. The van der Waals surface area contributed by atoms with Gasteiger partial charge in [-0.05, 0) is 42.7 Å². The number of nitrogens with one attached hydrogen (secondary N) is 2. The lowest BCUT2D eigenvalue weighted by Gasteiger charge is -2.22. The van der Waals surface area contributed by atoms with E-state index in [1.54, 1.807) is 24.3 Å². The fourth-order valence-corrected chi connectivity index (χ4v) is 4.11. The largest absolute Gasteiger partial charge is 0.342 e. The van der Waals surface area contributed by atoms with Gasteiger partial charge in [-0.1, -0.05) is 61.5 Å². The molecule has 0 radical (unpaired) electrons. The standard InChI is InChI=1S/C23H26ClN5O2S/c1-14(2)20(26-22(31)17-10-5-6-11-18(17)24)21-27-28-23(29(21)4)32-13-19(30)25-16-9-7-8-15(3)12-16/h5-12,14,20H,13H2,1-4H3,(H,25,30)(H,26,31). The summed E-state index contributed by atoms with van der Waals surface area (Å²) in [5.74, 6) is 0.466. The number of carbonyl (C=O) groups is 2. The molecule has 7 nitrogen and oxygen atoms in total. The molecular formula is C23H26ClN5O2S. The van der Waals surface area contributed by atoms with Gasteiger partial charge in [0.05, 0.1) is 22.4 Å². The van der Waals surface area contributed by atoms with Crippen LogP contribution in [-0.2, 0) is 11.8 Å². The van der Waals surface area contributed by atoms with E-state index >= 15 is 0 Å². The van der Waals surface area contributed by atoms with Crippen molar-refractivity contribution in [2.24, 2.45) is 13.0 Å². The van der Waals surface area contributed by atoms with Crippen molar-refractivity contribution in [3.63, 3.8) is 0 Å². The number of hydrogen-bond acceptors (Lipinski definition) is 5. The average molecular weight is 472 g/mol. The molecule has 32 heavy (non-hydrogen) atoms. The number of hydrogen-bond donors (Lipinski definition) is 2. The van der Waals surface area contributed by atoms with Gasteiger partial charge in [0.2, 0.25) is 5.91 Å². The van der Waals surface area contributed by atoms with Gasteiger partial charge in [0, 0.05) is 12.7 Å². The van der Waals surface area contributed by atoms with Crippen LogP contribution in [0, 0.1) is 12.8 Å². The van der Waals surface area contributed by atoms with Crippen LogP contribution >= 0.6 is 23.4 Å². The molecule has 0 bridgehead atoms. The molecule has 0 aliphatic rings. The lowest BCUT2D eigenvalue weighted by atomic mass is 10.0. The third kappa shape index (κ3) is 5.89. The maximum absolute atomic E-state index is 12.8. The zero-order valence-corrected chi connectivity index (χ0v) is 20.0. The van der Waals surface area contributed by atoms with Crippen molar-refractivity contribution in [2.75, 3.05) is 11.1 Å². The summed E-state index contributed by atoms with van der Waals surface area (Å²) >= 11 is 7.46. The van der Waals surface area contributed by atoms with Gasteiger partial charge in [-0.15, -0.1) is 10.2 Å². The van der Waals surface area contributed by atoms with Crippen LogP contribution < -0.4 is 10.6 Å². The molecular weight excluding hydrogens is 446 g/mol. The van der Waals surface area contributed by atoms with E-state index in [0.29, 0.717) is 21.6 Å². The van der Waals surface area contributed by atoms with E-state index in [2.05, 4.69) is 20.8 Å². The van der Waals surface area contributed by atoms with E-state index in [-0.39, 0.29) is 29.5 Å². The molecule has 0 aliphatic carbocycles. The Morgan fingerprint density at radius 1 is 1.12 bits per heavy atom. The lowest BCUT2D eigenvalue weighted by Crippen LogP contribution is -2.33. The number of thioether (sulfide) groups is 1. The third-order valence-electron chi connectivity index (χ3n) is 4.85. The summed E-state index contributed by atoms with van der Waals surface area (Å²) in [7, 11) is 1.83. The predicted octanol–water partition coefficient (Wildman–Crippen LogP) is 4.63. The molecule has 168 valence electrons. The minimum absolute atomic E-state index is 0.0619. The molecule has 9 heteroatoms. The van der Waals surface area contributed by atoms with Gasteiger partial charge in [0.25, 0.3) is 5.91 Å². The van der Waals surface area contributed by atoms with Crippen LogP contribution in [0.4, 0.5) is 5.69 Å². The Hall–Kier alpha value is -2.84. The molecule has 3 aromatic rings. The average Bonchev–Trinajstić information content (AvgIpc) is 3.10. The first-order chi connectivity index (χ1) is 15.3. The zero-order valence-electron chi connectivity index (χ0n) is 18.4. The Balaban J connectivity index is 1.67. The minimum atomic E-state index is -0.369. The van der Waals surface area contributed by atoms with Crippen molar-refractivity contribution in [3.8, 4) is 0 Å². The Morgan fingerprint density at radius 3 is 2.56 bits per heavy atom. The minimum Gasteiger partial charge on any atom is -0.342 e.